The molecule has 3 amide bonds. The molecule has 2 aliphatic rings. The molecule has 0 aromatic heterocycles. The van der Waals surface area contributed by atoms with Crippen molar-refractivity contribution in [2.45, 2.75) is 12.8 Å². The van der Waals surface area contributed by atoms with Gasteiger partial charge in [0.05, 0.1) is 0 Å². The lowest BCUT2D eigenvalue weighted by molar-refractivity contribution is -0.119. The van der Waals surface area contributed by atoms with Crippen LogP contribution in [-0.2, 0) is 11.2 Å². The molecule has 28 heavy (non-hydrogen) atoms. The molecule has 2 aromatic rings. The second kappa shape index (κ2) is 7.84. The van der Waals surface area contributed by atoms with Crippen molar-refractivity contribution in [1.29, 1.82) is 0 Å². The third-order valence-electron chi connectivity index (χ3n) is 5.46. The van der Waals surface area contributed by atoms with Crippen LogP contribution in [0.1, 0.15) is 32.7 Å². The van der Waals surface area contributed by atoms with Gasteiger partial charge in [-0.1, -0.05) is 24.3 Å². The minimum Gasteiger partial charge on any atom is -0.342 e. The molecule has 0 saturated carbocycles. The largest absolute Gasteiger partial charge is 0.342 e. The van der Waals surface area contributed by atoms with Crippen molar-refractivity contribution in [3.63, 3.8) is 0 Å². The third-order valence-corrected chi connectivity index (χ3v) is 5.46. The van der Waals surface area contributed by atoms with Gasteiger partial charge in [-0.2, -0.15) is 0 Å². The van der Waals surface area contributed by atoms with Crippen molar-refractivity contribution in [3.05, 3.63) is 65.2 Å². The highest BCUT2D eigenvalue weighted by molar-refractivity contribution is 6.08. The summed E-state index contributed by atoms with van der Waals surface area (Å²) in [7, 11) is 0. The van der Waals surface area contributed by atoms with Crippen LogP contribution in [-0.4, -0.2) is 60.7 Å². The van der Waals surface area contributed by atoms with Crippen LogP contribution in [0.5, 0.6) is 0 Å². The van der Waals surface area contributed by atoms with Gasteiger partial charge < -0.3 is 14.7 Å². The maximum Gasteiger partial charge on any atom is 0.258 e. The summed E-state index contributed by atoms with van der Waals surface area (Å²) in [4.78, 5) is 42.0. The number of anilines is 1. The molecule has 0 bridgehead atoms. The lowest BCUT2D eigenvalue weighted by atomic mass is 10.0. The molecule has 2 aliphatic heterocycles. The van der Waals surface area contributed by atoms with E-state index < -0.39 is 0 Å². The Morgan fingerprint density at radius 3 is 2.29 bits per heavy atom. The number of fused-ring (bicyclic) bond motifs is 1. The monoisotopic (exact) mass is 377 g/mol. The molecule has 6 nitrogen and oxygen atoms in total. The van der Waals surface area contributed by atoms with Crippen LogP contribution in [0, 0.1) is 0 Å². The number of nitrogens with zero attached hydrogens (tertiary/aromatic N) is 3. The number of carbonyl (C=O) groups is 3. The van der Waals surface area contributed by atoms with Gasteiger partial charge in [0.25, 0.3) is 11.8 Å². The SMILES string of the molecule is O=CN1CCN(C(=O)c2cccc(C(=O)N3CCCc4ccccc43)c2)CC1. The fraction of sp³-hybridized carbons (Fsp3) is 0.318. The third kappa shape index (κ3) is 3.50. The summed E-state index contributed by atoms with van der Waals surface area (Å²) in [5.74, 6) is -0.174. The first kappa shape index (κ1) is 18.2. The molecule has 0 atom stereocenters. The van der Waals surface area contributed by atoms with Crippen LogP contribution < -0.4 is 4.90 Å². The maximum absolute atomic E-state index is 13.2. The van der Waals surface area contributed by atoms with E-state index in [0.717, 1.165) is 24.9 Å². The number of aryl methyl sites for hydroxylation is 1. The Hall–Kier alpha value is -3.15. The van der Waals surface area contributed by atoms with Crippen LogP contribution in [0.15, 0.2) is 48.5 Å². The number of hydrogen-bond acceptors (Lipinski definition) is 3. The van der Waals surface area contributed by atoms with Gasteiger partial charge in [-0.15, -0.1) is 0 Å². The van der Waals surface area contributed by atoms with Crippen molar-refractivity contribution in [3.8, 4) is 0 Å². The summed E-state index contributed by atoms with van der Waals surface area (Å²) < 4.78 is 0. The standard InChI is InChI=1S/C22H23N3O3/c26-16-23-11-13-24(14-12-23)21(27)18-6-3-7-19(15-18)22(28)25-10-4-8-17-5-1-2-9-20(17)25/h1-3,5-7,9,15-16H,4,8,10-14H2. The van der Waals surface area contributed by atoms with Crippen molar-refractivity contribution >= 4 is 23.9 Å². The normalized spacial score (nSPS) is 16.5. The Balaban J connectivity index is 1.54. The minimum absolute atomic E-state index is 0.0763. The van der Waals surface area contributed by atoms with E-state index in [0.29, 0.717) is 43.9 Å². The second-order valence-corrected chi connectivity index (χ2v) is 7.20. The first-order chi connectivity index (χ1) is 13.7. The van der Waals surface area contributed by atoms with E-state index in [2.05, 4.69) is 6.07 Å². The Morgan fingerprint density at radius 2 is 1.54 bits per heavy atom. The minimum atomic E-state index is -0.0979. The number of para-hydroxylation sites is 1. The topological polar surface area (TPSA) is 60.9 Å². The molecule has 2 heterocycles. The molecule has 2 aromatic carbocycles. The maximum atomic E-state index is 13.2. The number of rotatable bonds is 3. The van der Waals surface area contributed by atoms with E-state index in [4.69, 9.17) is 0 Å². The zero-order chi connectivity index (χ0) is 19.5. The number of carbonyl (C=O) groups excluding carboxylic acids is 3. The van der Waals surface area contributed by atoms with Crippen LogP contribution in [0.4, 0.5) is 5.69 Å². The fourth-order valence-corrected chi connectivity index (χ4v) is 3.90. The van der Waals surface area contributed by atoms with Gasteiger partial charge in [0.1, 0.15) is 0 Å². The lowest BCUT2D eigenvalue weighted by Gasteiger charge is -2.32. The lowest BCUT2D eigenvalue weighted by Crippen LogP contribution is -2.48. The molecule has 0 aliphatic carbocycles. The second-order valence-electron chi connectivity index (χ2n) is 7.20. The Bertz CT molecular complexity index is 903. The average molecular weight is 377 g/mol. The van der Waals surface area contributed by atoms with Crippen LogP contribution >= 0.6 is 0 Å². The average Bonchev–Trinajstić information content (AvgIpc) is 2.78. The predicted octanol–water partition coefficient (Wildman–Crippen LogP) is 2.19. The summed E-state index contributed by atoms with van der Waals surface area (Å²) >= 11 is 0. The Kier molecular flexibility index (Phi) is 5.10. The molecule has 0 N–H and O–H groups in total. The molecule has 4 rings (SSSR count). The number of hydrogen-bond donors (Lipinski definition) is 0. The zero-order valence-electron chi connectivity index (χ0n) is 15.7. The van der Waals surface area contributed by atoms with Gasteiger partial charge in [-0.05, 0) is 42.7 Å². The number of benzene rings is 2. The van der Waals surface area contributed by atoms with Gasteiger partial charge in [0.2, 0.25) is 6.41 Å². The van der Waals surface area contributed by atoms with Crippen molar-refractivity contribution in [1.82, 2.24) is 9.80 Å². The van der Waals surface area contributed by atoms with Crippen molar-refractivity contribution in [2.24, 2.45) is 0 Å². The summed E-state index contributed by atoms with van der Waals surface area (Å²) in [5.41, 5.74) is 3.17. The highest BCUT2D eigenvalue weighted by Crippen LogP contribution is 2.28. The molecule has 144 valence electrons. The Morgan fingerprint density at radius 1 is 0.821 bits per heavy atom. The van der Waals surface area contributed by atoms with E-state index >= 15 is 0 Å². The summed E-state index contributed by atoms with van der Waals surface area (Å²) in [5, 5.41) is 0. The Labute approximate surface area is 164 Å². The summed E-state index contributed by atoms with van der Waals surface area (Å²) in [6.45, 7) is 2.78. The molecule has 1 fully saturated rings. The molecule has 6 heteroatoms. The van der Waals surface area contributed by atoms with Crippen molar-refractivity contribution < 1.29 is 14.4 Å². The van der Waals surface area contributed by atoms with E-state index in [9.17, 15) is 14.4 Å². The van der Waals surface area contributed by atoms with Crippen LogP contribution in [0.3, 0.4) is 0 Å². The zero-order valence-corrected chi connectivity index (χ0v) is 15.7. The fourth-order valence-electron chi connectivity index (χ4n) is 3.90. The molecule has 0 spiro atoms. The van der Waals surface area contributed by atoms with Gasteiger partial charge in [0, 0.05) is 49.5 Å². The molecule has 0 unspecified atom stereocenters. The molecular formula is C22H23N3O3. The van der Waals surface area contributed by atoms with E-state index in [1.54, 1.807) is 34.1 Å². The highest BCUT2D eigenvalue weighted by Gasteiger charge is 2.25. The van der Waals surface area contributed by atoms with Gasteiger partial charge in [-0.3, -0.25) is 14.4 Å². The highest BCUT2D eigenvalue weighted by atomic mass is 16.2. The first-order valence-electron chi connectivity index (χ1n) is 9.66. The predicted molar refractivity (Wildman–Crippen MR) is 106 cm³/mol. The van der Waals surface area contributed by atoms with Gasteiger partial charge >= 0.3 is 0 Å². The van der Waals surface area contributed by atoms with Crippen molar-refractivity contribution in [2.75, 3.05) is 37.6 Å². The van der Waals surface area contributed by atoms with E-state index in [1.807, 2.05) is 23.1 Å². The van der Waals surface area contributed by atoms with E-state index in [-0.39, 0.29) is 11.8 Å². The number of amides is 3. The number of piperazine rings is 1. The molecule has 0 radical (unpaired) electrons. The van der Waals surface area contributed by atoms with Crippen LogP contribution in [0.25, 0.3) is 0 Å². The molecular weight excluding hydrogens is 354 g/mol. The summed E-state index contributed by atoms with van der Waals surface area (Å²) in [6, 6.07) is 14.9. The first-order valence-corrected chi connectivity index (χ1v) is 9.66. The molecule has 1 saturated heterocycles. The van der Waals surface area contributed by atoms with Gasteiger partial charge in [-0.25, -0.2) is 0 Å². The van der Waals surface area contributed by atoms with E-state index in [1.165, 1.54) is 5.56 Å². The smallest absolute Gasteiger partial charge is 0.258 e. The summed E-state index contributed by atoms with van der Waals surface area (Å²) in [6.07, 6.45) is 2.73. The van der Waals surface area contributed by atoms with Gasteiger partial charge in [0.15, 0.2) is 0 Å². The van der Waals surface area contributed by atoms with Crippen LogP contribution in [0.2, 0.25) is 0 Å². The quantitative estimate of drug-likeness (QED) is 0.771.